The summed E-state index contributed by atoms with van der Waals surface area (Å²) >= 11 is 0. The van der Waals surface area contributed by atoms with E-state index in [0.717, 1.165) is 11.3 Å². The van der Waals surface area contributed by atoms with E-state index in [0.29, 0.717) is 0 Å². The Balaban J connectivity index is 0.000000396. The summed E-state index contributed by atoms with van der Waals surface area (Å²) < 4.78 is 0. The van der Waals surface area contributed by atoms with Gasteiger partial charge in [0.1, 0.15) is 0 Å². The molecule has 2 aliphatic rings. The van der Waals surface area contributed by atoms with Crippen LogP contribution in [0.15, 0.2) is 0 Å². The quantitative estimate of drug-likeness (QED) is 0.608. The Morgan fingerprint density at radius 2 is 2.00 bits per heavy atom. The van der Waals surface area contributed by atoms with Crippen molar-refractivity contribution in [3.8, 4) is 0 Å². The third-order valence-electron chi connectivity index (χ3n) is 3.51. The van der Waals surface area contributed by atoms with Gasteiger partial charge in [0.2, 0.25) is 0 Å². The van der Waals surface area contributed by atoms with Crippen molar-refractivity contribution in [2.45, 2.75) is 52.9 Å². The molecule has 1 N–H and O–H groups in total. The molecule has 1 heterocycles. The van der Waals surface area contributed by atoms with E-state index < -0.39 is 0 Å². The summed E-state index contributed by atoms with van der Waals surface area (Å²) in [5.74, 6) is 0.995. The average Bonchev–Trinajstić information content (AvgIpc) is 2.52. The molecule has 0 aromatic carbocycles. The van der Waals surface area contributed by atoms with Gasteiger partial charge in [-0.1, -0.05) is 27.2 Å². The SMILES string of the molecule is CC.CC1CCC2(CCCNC2)C1. The van der Waals surface area contributed by atoms with Crippen molar-refractivity contribution in [3.05, 3.63) is 0 Å². The predicted molar refractivity (Wildman–Crippen MR) is 58.9 cm³/mol. The van der Waals surface area contributed by atoms with Crippen molar-refractivity contribution < 1.29 is 0 Å². The lowest BCUT2D eigenvalue weighted by molar-refractivity contribution is 0.210. The van der Waals surface area contributed by atoms with E-state index >= 15 is 0 Å². The van der Waals surface area contributed by atoms with Crippen LogP contribution in [-0.4, -0.2) is 13.1 Å². The minimum Gasteiger partial charge on any atom is -0.316 e. The lowest BCUT2D eigenvalue weighted by Gasteiger charge is -2.34. The number of hydrogen-bond acceptors (Lipinski definition) is 1. The Hall–Kier alpha value is -0.0400. The molecule has 2 fully saturated rings. The molecule has 78 valence electrons. The molecule has 1 heteroatoms. The summed E-state index contributed by atoms with van der Waals surface area (Å²) in [6.45, 7) is 8.97. The molecule has 1 nitrogen and oxygen atoms in total. The maximum atomic E-state index is 3.54. The summed E-state index contributed by atoms with van der Waals surface area (Å²) in [7, 11) is 0. The minimum absolute atomic E-state index is 0.734. The Morgan fingerprint density at radius 3 is 2.46 bits per heavy atom. The van der Waals surface area contributed by atoms with Gasteiger partial charge in [-0.3, -0.25) is 0 Å². The molecule has 1 saturated heterocycles. The van der Waals surface area contributed by atoms with E-state index in [2.05, 4.69) is 12.2 Å². The Kier molecular flexibility index (Phi) is 4.24. The van der Waals surface area contributed by atoms with Gasteiger partial charge in [0.05, 0.1) is 0 Å². The number of rotatable bonds is 0. The fourth-order valence-corrected chi connectivity index (χ4v) is 2.91. The Morgan fingerprint density at radius 1 is 1.23 bits per heavy atom. The summed E-state index contributed by atoms with van der Waals surface area (Å²) in [5.41, 5.74) is 0.734. The molecule has 2 unspecified atom stereocenters. The molecule has 0 radical (unpaired) electrons. The Bertz CT molecular complexity index is 131. The van der Waals surface area contributed by atoms with Crippen LogP contribution in [0.3, 0.4) is 0 Å². The molecule has 0 aromatic heterocycles. The molecular formula is C12H25N. The second kappa shape index (κ2) is 4.99. The van der Waals surface area contributed by atoms with Gasteiger partial charge in [-0.15, -0.1) is 0 Å². The molecule has 1 saturated carbocycles. The van der Waals surface area contributed by atoms with Crippen molar-refractivity contribution in [1.82, 2.24) is 5.32 Å². The third-order valence-corrected chi connectivity index (χ3v) is 3.51. The highest BCUT2D eigenvalue weighted by molar-refractivity contribution is 4.91. The minimum atomic E-state index is 0.734. The highest BCUT2D eigenvalue weighted by Gasteiger charge is 2.37. The van der Waals surface area contributed by atoms with Crippen LogP contribution in [0.2, 0.25) is 0 Å². The van der Waals surface area contributed by atoms with Crippen LogP contribution in [0.4, 0.5) is 0 Å². The van der Waals surface area contributed by atoms with Crippen LogP contribution >= 0.6 is 0 Å². The third kappa shape index (κ3) is 2.70. The zero-order valence-corrected chi connectivity index (χ0v) is 9.53. The second-order valence-electron chi connectivity index (χ2n) is 4.63. The van der Waals surface area contributed by atoms with Crippen LogP contribution in [0.25, 0.3) is 0 Å². The first-order valence-electron chi connectivity index (χ1n) is 6.02. The van der Waals surface area contributed by atoms with Gasteiger partial charge in [-0.05, 0) is 43.6 Å². The van der Waals surface area contributed by atoms with E-state index in [1.807, 2.05) is 13.8 Å². The van der Waals surface area contributed by atoms with Crippen molar-refractivity contribution in [1.29, 1.82) is 0 Å². The van der Waals surface area contributed by atoms with Crippen LogP contribution < -0.4 is 5.32 Å². The van der Waals surface area contributed by atoms with Crippen molar-refractivity contribution in [2.75, 3.05) is 13.1 Å². The van der Waals surface area contributed by atoms with Gasteiger partial charge in [0.25, 0.3) is 0 Å². The van der Waals surface area contributed by atoms with Crippen LogP contribution in [0.5, 0.6) is 0 Å². The standard InChI is InChI=1S/C10H19N.C2H6/c1-9-3-5-10(7-9)4-2-6-11-8-10;1-2/h9,11H,2-8H2,1H3;1-2H3. The van der Waals surface area contributed by atoms with Crippen LogP contribution in [0.1, 0.15) is 52.9 Å². The first kappa shape index (κ1) is 11.0. The van der Waals surface area contributed by atoms with E-state index in [4.69, 9.17) is 0 Å². The monoisotopic (exact) mass is 183 g/mol. The fraction of sp³-hybridized carbons (Fsp3) is 1.00. The van der Waals surface area contributed by atoms with E-state index in [9.17, 15) is 0 Å². The molecule has 0 bridgehead atoms. The largest absolute Gasteiger partial charge is 0.316 e. The van der Waals surface area contributed by atoms with Crippen LogP contribution in [-0.2, 0) is 0 Å². The maximum absolute atomic E-state index is 3.54. The van der Waals surface area contributed by atoms with E-state index in [1.165, 1.54) is 45.2 Å². The molecule has 13 heavy (non-hydrogen) atoms. The van der Waals surface area contributed by atoms with Crippen LogP contribution in [0, 0.1) is 11.3 Å². The molecule has 1 aliphatic heterocycles. The summed E-state index contributed by atoms with van der Waals surface area (Å²) in [5, 5.41) is 3.54. The first-order chi connectivity index (χ1) is 6.31. The van der Waals surface area contributed by atoms with E-state index in [1.54, 1.807) is 0 Å². The van der Waals surface area contributed by atoms with E-state index in [-0.39, 0.29) is 0 Å². The van der Waals surface area contributed by atoms with Gasteiger partial charge in [-0.2, -0.15) is 0 Å². The maximum Gasteiger partial charge on any atom is 0.000792 e. The van der Waals surface area contributed by atoms with Gasteiger partial charge in [-0.25, -0.2) is 0 Å². The zero-order valence-electron chi connectivity index (χ0n) is 9.53. The highest BCUT2D eigenvalue weighted by Crippen LogP contribution is 2.45. The Labute approximate surface area is 83.3 Å². The molecular weight excluding hydrogens is 158 g/mol. The second-order valence-corrected chi connectivity index (χ2v) is 4.63. The summed E-state index contributed by atoms with van der Waals surface area (Å²) in [6, 6.07) is 0. The lowest BCUT2D eigenvalue weighted by Crippen LogP contribution is -2.38. The summed E-state index contributed by atoms with van der Waals surface area (Å²) in [6.07, 6.45) is 7.35. The summed E-state index contributed by atoms with van der Waals surface area (Å²) in [4.78, 5) is 0. The molecule has 2 atom stereocenters. The van der Waals surface area contributed by atoms with Gasteiger partial charge in [0, 0.05) is 6.54 Å². The lowest BCUT2D eigenvalue weighted by atomic mass is 9.79. The molecule has 2 rings (SSSR count). The van der Waals surface area contributed by atoms with Gasteiger partial charge >= 0.3 is 0 Å². The normalized spacial score (nSPS) is 38.5. The smallest absolute Gasteiger partial charge is 0.000792 e. The average molecular weight is 183 g/mol. The van der Waals surface area contributed by atoms with Crippen molar-refractivity contribution >= 4 is 0 Å². The number of hydrogen-bond donors (Lipinski definition) is 1. The predicted octanol–water partition coefficient (Wildman–Crippen LogP) is 3.20. The molecule has 0 amide bonds. The van der Waals surface area contributed by atoms with Crippen molar-refractivity contribution in [2.24, 2.45) is 11.3 Å². The zero-order chi connectivity index (χ0) is 9.73. The van der Waals surface area contributed by atoms with Gasteiger partial charge in [0.15, 0.2) is 0 Å². The fourth-order valence-electron chi connectivity index (χ4n) is 2.91. The first-order valence-corrected chi connectivity index (χ1v) is 6.02. The van der Waals surface area contributed by atoms with Gasteiger partial charge < -0.3 is 5.32 Å². The topological polar surface area (TPSA) is 12.0 Å². The highest BCUT2D eigenvalue weighted by atomic mass is 14.9. The molecule has 1 spiro atoms. The molecule has 0 aromatic rings. The molecule has 1 aliphatic carbocycles. The number of piperidine rings is 1. The number of nitrogens with one attached hydrogen (secondary N) is 1. The van der Waals surface area contributed by atoms with Crippen molar-refractivity contribution in [3.63, 3.8) is 0 Å².